The Labute approximate surface area is 96.0 Å². The van der Waals surface area contributed by atoms with Gasteiger partial charge in [-0.2, -0.15) is 13.2 Å². The summed E-state index contributed by atoms with van der Waals surface area (Å²) in [5.41, 5.74) is 2.75. The highest BCUT2D eigenvalue weighted by molar-refractivity contribution is 8.00. The lowest BCUT2D eigenvalue weighted by Gasteiger charge is -2.11. The first-order valence-corrected chi connectivity index (χ1v) is 5.57. The van der Waals surface area contributed by atoms with E-state index >= 15 is 0 Å². The quantitative estimate of drug-likeness (QED) is 0.659. The van der Waals surface area contributed by atoms with Gasteiger partial charge in [0.05, 0.1) is 6.61 Å². The Kier molecular flexibility index (Phi) is 4.35. The minimum atomic E-state index is -4.20. The van der Waals surface area contributed by atoms with E-state index in [1.54, 1.807) is 25.1 Å². The van der Waals surface area contributed by atoms with Crippen molar-refractivity contribution in [2.75, 3.05) is 18.1 Å². The molecule has 0 bridgehead atoms. The summed E-state index contributed by atoms with van der Waals surface area (Å²) in [6, 6.07) is 5.10. The molecule has 0 aliphatic heterocycles. The third kappa shape index (κ3) is 4.22. The normalized spacial score (nSPS) is 11.5. The van der Waals surface area contributed by atoms with Crippen LogP contribution in [0.1, 0.15) is 5.56 Å². The lowest BCUT2D eigenvalue weighted by Crippen LogP contribution is -2.08. The van der Waals surface area contributed by atoms with E-state index in [-0.39, 0.29) is 24.1 Å². The van der Waals surface area contributed by atoms with E-state index in [1.165, 1.54) is 0 Å². The van der Waals surface area contributed by atoms with Crippen LogP contribution < -0.4 is 10.5 Å². The molecule has 0 aromatic heterocycles. The maximum absolute atomic E-state index is 11.8. The molecule has 0 amide bonds. The molecule has 0 saturated heterocycles. The zero-order chi connectivity index (χ0) is 12.2. The highest BCUT2D eigenvalue weighted by atomic mass is 32.2. The molecule has 0 radical (unpaired) electrons. The van der Waals surface area contributed by atoms with Crippen LogP contribution in [-0.4, -0.2) is 17.9 Å². The van der Waals surface area contributed by atoms with E-state index in [0.29, 0.717) is 11.4 Å². The minimum absolute atomic E-state index is 0.00840. The van der Waals surface area contributed by atoms with Gasteiger partial charge in [-0.25, -0.2) is 0 Å². The number of thioether (sulfide) groups is 1. The van der Waals surface area contributed by atoms with E-state index in [4.69, 9.17) is 10.5 Å². The average Bonchev–Trinajstić information content (AvgIpc) is 2.17. The summed E-state index contributed by atoms with van der Waals surface area (Å²) in [6.45, 7) is 1.77. The fourth-order valence-corrected chi connectivity index (χ4v) is 1.49. The molecule has 0 unspecified atom stereocenters. The van der Waals surface area contributed by atoms with Crippen LogP contribution in [0.2, 0.25) is 0 Å². The molecule has 1 aromatic carbocycles. The zero-order valence-corrected chi connectivity index (χ0v) is 9.49. The molecule has 1 aromatic rings. The highest BCUT2D eigenvalue weighted by Crippen LogP contribution is 2.30. The number of alkyl halides is 3. The van der Waals surface area contributed by atoms with Gasteiger partial charge in [0.25, 0.3) is 0 Å². The van der Waals surface area contributed by atoms with Crippen LogP contribution in [0, 0.1) is 6.92 Å². The number of hydrogen-bond acceptors (Lipinski definition) is 3. The highest BCUT2D eigenvalue weighted by Gasteiger charge is 2.27. The van der Waals surface area contributed by atoms with Gasteiger partial charge in [-0.1, -0.05) is 6.07 Å². The van der Waals surface area contributed by atoms with Gasteiger partial charge in [-0.15, -0.1) is 0 Å². The second kappa shape index (κ2) is 5.34. The van der Waals surface area contributed by atoms with Crippen molar-refractivity contribution in [3.05, 3.63) is 23.8 Å². The van der Waals surface area contributed by atoms with Crippen LogP contribution in [0.25, 0.3) is 0 Å². The standard InChI is InChI=1S/C10H12F3NOS/c1-7-8(14)3-2-4-9(7)15-5-6-16-10(11,12)13/h2-4H,5-6,14H2,1H3. The van der Waals surface area contributed by atoms with E-state index in [2.05, 4.69) is 0 Å². The van der Waals surface area contributed by atoms with Crippen LogP contribution in [-0.2, 0) is 0 Å². The number of rotatable bonds is 4. The molecule has 2 N–H and O–H groups in total. The molecule has 1 rings (SSSR count). The predicted molar refractivity (Wildman–Crippen MR) is 59.6 cm³/mol. The Morgan fingerprint density at radius 1 is 1.38 bits per heavy atom. The van der Waals surface area contributed by atoms with Crippen molar-refractivity contribution in [1.29, 1.82) is 0 Å². The Bertz CT molecular complexity index is 354. The van der Waals surface area contributed by atoms with Gasteiger partial charge in [0, 0.05) is 17.0 Å². The van der Waals surface area contributed by atoms with Crippen molar-refractivity contribution in [1.82, 2.24) is 0 Å². The van der Waals surface area contributed by atoms with Gasteiger partial charge >= 0.3 is 5.51 Å². The van der Waals surface area contributed by atoms with Crippen LogP contribution in [0.3, 0.4) is 0 Å². The molecule has 0 spiro atoms. The van der Waals surface area contributed by atoms with Gasteiger partial charge in [-0.05, 0) is 30.8 Å². The first kappa shape index (κ1) is 13.0. The average molecular weight is 251 g/mol. The third-order valence-corrected chi connectivity index (χ3v) is 2.63. The van der Waals surface area contributed by atoms with Gasteiger partial charge in [0.1, 0.15) is 5.75 Å². The molecule has 0 heterocycles. The number of anilines is 1. The van der Waals surface area contributed by atoms with Crippen LogP contribution in [0.15, 0.2) is 18.2 Å². The summed E-state index contributed by atoms with van der Waals surface area (Å²) in [5.74, 6) is 0.403. The number of benzene rings is 1. The van der Waals surface area contributed by atoms with E-state index in [1.807, 2.05) is 0 Å². The third-order valence-electron chi connectivity index (χ3n) is 1.93. The summed E-state index contributed by atoms with van der Waals surface area (Å²) >= 11 is -0.0934. The van der Waals surface area contributed by atoms with E-state index < -0.39 is 5.51 Å². The second-order valence-electron chi connectivity index (χ2n) is 3.11. The number of nitrogen functional groups attached to an aromatic ring is 1. The Morgan fingerprint density at radius 3 is 2.69 bits per heavy atom. The molecule has 90 valence electrons. The lowest BCUT2D eigenvalue weighted by molar-refractivity contribution is -0.0329. The molecule has 2 nitrogen and oxygen atoms in total. The van der Waals surface area contributed by atoms with Crippen molar-refractivity contribution >= 4 is 17.4 Å². The zero-order valence-electron chi connectivity index (χ0n) is 8.67. The number of hydrogen-bond donors (Lipinski definition) is 1. The lowest BCUT2D eigenvalue weighted by atomic mass is 10.2. The van der Waals surface area contributed by atoms with Crippen LogP contribution in [0.5, 0.6) is 5.75 Å². The molecule has 0 atom stereocenters. The van der Waals surface area contributed by atoms with Gasteiger partial charge in [0.15, 0.2) is 0 Å². The molecule has 0 fully saturated rings. The first-order chi connectivity index (χ1) is 7.40. The topological polar surface area (TPSA) is 35.2 Å². The summed E-state index contributed by atoms with van der Waals surface area (Å²) < 4.78 is 40.6. The molecular formula is C10H12F3NOS. The maximum atomic E-state index is 11.8. The van der Waals surface area contributed by atoms with Crippen LogP contribution in [0.4, 0.5) is 18.9 Å². The van der Waals surface area contributed by atoms with Crippen molar-refractivity contribution in [3.63, 3.8) is 0 Å². The SMILES string of the molecule is Cc1c(N)cccc1OCCSC(F)(F)F. The number of nitrogens with two attached hydrogens (primary N) is 1. The maximum Gasteiger partial charge on any atom is 0.441 e. The Balaban J connectivity index is 2.41. The smallest absolute Gasteiger partial charge is 0.441 e. The molecule has 6 heteroatoms. The van der Waals surface area contributed by atoms with Gasteiger partial charge in [0.2, 0.25) is 0 Å². The fraction of sp³-hybridized carbons (Fsp3) is 0.400. The van der Waals surface area contributed by atoms with Gasteiger partial charge in [-0.3, -0.25) is 0 Å². The van der Waals surface area contributed by atoms with Gasteiger partial charge < -0.3 is 10.5 Å². The second-order valence-corrected chi connectivity index (χ2v) is 4.27. The molecule has 0 aliphatic carbocycles. The first-order valence-electron chi connectivity index (χ1n) is 4.59. The summed E-state index contributed by atoms with van der Waals surface area (Å²) in [7, 11) is 0. The largest absolute Gasteiger partial charge is 0.492 e. The minimum Gasteiger partial charge on any atom is -0.492 e. The molecule has 0 aliphatic rings. The van der Waals surface area contributed by atoms with Crippen LogP contribution >= 0.6 is 11.8 Å². The van der Waals surface area contributed by atoms with Crippen molar-refractivity contribution < 1.29 is 17.9 Å². The summed E-state index contributed by atoms with van der Waals surface area (Å²) in [4.78, 5) is 0. The van der Waals surface area contributed by atoms with Crippen molar-refractivity contribution in [2.45, 2.75) is 12.4 Å². The van der Waals surface area contributed by atoms with E-state index in [0.717, 1.165) is 5.56 Å². The summed E-state index contributed by atoms with van der Waals surface area (Å²) in [5, 5.41) is 0. The molecule has 0 saturated carbocycles. The number of halogens is 3. The number of ether oxygens (including phenoxy) is 1. The monoisotopic (exact) mass is 251 g/mol. The van der Waals surface area contributed by atoms with Crippen molar-refractivity contribution in [3.8, 4) is 5.75 Å². The Hall–Kier alpha value is -1.04. The predicted octanol–water partition coefficient (Wildman–Crippen LogP) is 3.21. The Morgan fingerprint density at radius 2 is 2.06 bits per heavy atom. The van der Waals surface area contributed by atoms with E-state index in [9.17, 15) is 13.2 Å². The van der Waals surface area contributed by atoms with Crippen molar-refractivity contribution in [2.24, 2.45) is 0 Å². The fourth-order valence-electron chi connectivity index (χ4n) is 1.10. The molecular weight excluding hydrogens is 239 g/mol. The molecule has 16 heavy (non-hydrogen) atoms. The summed E-state index contributed by atoms with van der Waals surface area (Å²) in [6.07, 6.45) is 0.